The molecule has 3 aromatic rings. The van der Waals surface area contributed by atoms with Gasteiger partial charge in [-0.1, -0.05) is 6.07 Å². The summed E-state index contributed by atoms with van der Waals surface area (Å²) in [6.45, 7) is 5.06. The van der Waals surface area contributed by atoms with Crippen LogP contribution < -0.4 is 31.9 Å². The Kier molecular flexibility index (Phi) is 8.44. The molecule has 11 heteroatoms. The number of halogens is 1. The number of carbonyl (C=O) groups is 2. The Hall–Kier alpha value is -4.57. The number of rotatable bonds is 6. The van der Waals surface area contributed by atoms with E-state index in [-0.39, 0.29) is 24.5 Å². The Morgan fingerprint density at radius 2 is 1.08 bits per heavy atom. The summed E-state index contributed by atoms with van der Waals surface area (Å²) >= 11 is 0. The SMILES string of the molecule is Cc1c(NC(=O)Nc2ccc(C3=NCCN3)cc2)cccc1NC(=O)Nc1ccc(C2=NCCN2)cc1.Cl. The Labute approximate surface area is 226 Å². The summed E-state index contributed by atoms with van der Waals surface area (Å²) in [7, 11) is 0. The van der Waals surface area contributed by atoms with Gasteiger partial charge in [-0.2, -0.15) is 0 Å². The van der Waals surface area contributed by atoms with Gasteiger partial charge in [-0.3, -0.25) is 9.98 Å². The maximum atomic E-state index is 12.6. The monoisotopic (exact) mass is 532 g/mol. The molecular formula is C27H29ClN8O2. The predicted molar refractivity (Wildman–Crippen MR) is 155 cm³/mol. The summed E-state index contributed by atoms with van der Waals surface area (Å²) in [4.78, 5) is 34.0. The molecule has 0 aliphatic carbocycles. The Morgan fingerprint density at radius 1 is 0.658 bits per heavy atom. The number of aliphatic imine (C=N–C) groups is 2. The maximum Gasteiger partial charge on any atom is 0.323 e. The van der Waals surface area contributed by atoms with Crippen LogP contribution in [0.1, 0.15) is 16.7 Å². The van der Waals surface area contributed by atoms with Crippen LogP contribution in [0.5, 0.6) is 0 Å². The number of anilines is 4. The van der Waals surface area contributed by atoms with Crippen molar-refractivity contribution in [2.45, 2.75) is 6.92 Å². The van der Waals surface area contributed by atoms with Crippen molar-refractivity contribution in [3.8, 4) is 0 Å². The lowest BCUT2D eigenvalue weighted by molar-refractivity contribution is 0.261. The smallest absolute Gasteiger partial charge is 0.323 e. The molecule has 10 nitrogen and oxygen atoms in total. The number of amides is 4. The zero-order chi connectivity index (χ0) is 25.6. The minimum absolute atomic E-state index is 0. The molecule has 2 heterocycles. The van der Waals surface area contributed by atoms with Crippen LogP contribution in [-0.2, 0) is 0 Å². The van der Waals surface area contributed by atoms with Crippen molar-refractivity contribution in [1.29, 1.82) is 0 Å². The number of urea groups is 2. The van der Waals surface area contributed by atoms with E-state index in [0.29, 0.717) is 22.7 Å². The van der Waals surface area contributed by atoms with Crippen LogP contribution in [0.25, 0.3) is 0 Å². The Balaban J connectivity index is 0.00000336. The van der Waals surface area contributed by atoms with E-state index in [1.54, 1.807) is 18.2 Å². The highest BCUT2D eigenvalue weighted by atomic mass is 35.5. The lowest BCUT2D eigenvalue weighted by atomic mass is 10.1. The molecule has 196 valence electrons. The number of nitrogens with one attached hydrogen (secondary N) is 6. The van der Waals surface area contributed by atoms with Gasteiger partial charge in [-0.05, 0) is 73.2 Å². The number of nitrogens with zero attached hydrogens (tertiary/aromatic N) is 2. The van der Waals surface area contributed by atoms with Crippen molar-refractivity contribution < 1.29 is 9.59 Å². The van der Waals surface area contributed by atoms with Crippen LogP contribution in [0.15, 0.2) is 76.7 Å². The molecule has 38 heavy (non-hydrogen) atoms. The molecule has 4 amide bonds. The quantitative estimate of drug-likeness (QED) is 0.281. The van der Waals surface area contributed by atoms with Crippen molar-refractivity contribution >= 4 is 58.9 Å². The molecule has 5 rings (SSSR count). The summed E-state index contributed by atoms with van der Waals surface area (Å²) in [5.74, 6) is 1.74. The van der Waals surface area contributed by atoms with Gasteiger partial charge in [-0.25, -0.2) is 9.59 Å². The average molecular weight is 533 g/mol. The molecule has 0 bridgehead atoms. The molecule has 0 unspecified atom stereocenters. The zero-order valence-corrected chi connectivity index (χ0v) is 21.6. The lowest BCUT2D eigenvalue weighted by Crippen LogP contribution is -2.22. The first-order chi connectivity index (χ1) is 18.0. The summed E-state index contributed by atoms with van der Waals surface area (Å²) in [5.41, 5.74) is 5.19. The zero-order valence-electron chi connectivity index (χ0n) is 20.8. The van der Waals surface area contributed by atoms with E-state index in [1.165, 1.54) is 0 Å². The second-order valence-corrected chi connectivity index (χ2v) is 8.61. The summed E-state index contributed by atoms with van der Waals surface area (Å²) in [6.07, 6.45) is 0. The Morgan fingerprint density at radius 3 is 1.45 bits per heavy atom. The van der Waals surface area contributed by atoms with Crippen LogP contribution >= 0.6 is 12.4 Å². The average Bonchev–Trinajstić information content (AvgIpc) is 3.62. The third-order valence-electron chi connectivity index (χ3n) is 6.01. The second-order valence-electron chi connectivity index (χ2n) is 8.61. The normalized spacial score (nSPS) is 13.7. The van der Waals surface area contributed by atoms with Gasteiger partial charge in [0.2, 0.25) is 0 Å². The minimum atomic E-state index is -0.379. The molecule has 0 radical (unpaired) electrons. The molecule has 0 saturated carbocycles. The molecule has 0 spiro atoms. The first kappa shape index (κ1) is 26.5. The fourth-order valence-corrected chi connectivity index (χ4v) is 4.08. The lowest BCUT2D eigenvalue weighted by Gasteiger charge is -2.15. The van der Waals surface area contributed by atoms with E-state index < -0.39 is 0 Å². The minimum Gasteiger partial charge on any atom is -0.368 e. The van der Waals surface area contributed by atoms with Gasteiger partial charge in [0.15, 0.2) is 0 Å². The van der Waals surface area contributed by atoms with E-state index in [2.05, 4.69) is 41.9 Å². The van der Waals surface area contributed by atoms with Crippen molar-refractivity contribution in [3.63, 3.8) is 0 Å². The number of hydrogen-bond acceptors (Lipinski definition) is 6. The molecule has 0 saturated heterocycles. The van der Waals surface area contributed by atoms with E-state index in [0.717, 1.165) is 54.5 Å². The van der Waals surface area contributed by atoms with Gasteiger partial charge < -0.3 is 31.9 Å². The third-order valence-corrected chi connectivity index (χ3v) is 6.01. The topological polar surface area (TPSA) is 131 Å². The van der Waals surface area contributed by atoms with Crippen molar-refractivity contribution in [2.75, 3.05) is 47.4 Å². The molecule has 0 aromatic heterocycles. The van der Waals surface area contributed by atoms with Crippen LogP contribution in [0, 0.1) is 6.92 Å². The standard InChI is InChI=1S/C27H28N8O2.ClH/c1-17-22(34-26(36)32-20-9-5-18(6-10-20)24-28-13-14-29-24)3-2-4-23(17)35-27(37)33-21-11-7-19(8-12-21)25-30-15-16-31-25;/h2-12H,13-16H2,1H3,(H,28,29)(H,30,31)(H2,32,34,36)(H2,33,35,37);1H. The Bertz CT molecular complexity index is 1270. The van der Waals surface area contributed by atoms with Crippen LogP contribution in [0.3, 0.4) is 0 Å². The van der Waals surface area contributed by atoms with Crippen molar-refractivity contribution in [2.24, 2.45) is 9.98 Å². The van der Waals surface area contributed by atoms with Crippen LogP contribution in [0.4, 0.5) is 32.3 Å². The number of carbonyl (C=O) groups excluding carboxylic acids is 2. The van der Waals surface area contributed by atoms with E-state index in [4.69, 9.17) is 0 Å². The first-order valence-corrected chi connectivity index (χ1v) is 12.1. The molecule has 3 aromatic carbocycles. The maximum absolute atomic E-state index is 12.6. The first-order valence-electron chi connectivity index (χ1n) is 12.1. The van der Waals surface area contributed by atoms with Gasteiger partial charge in [-0.15, -0.1) is 12.4 Å². The predicted octanol–water partition coefficient (Wildman–Crippen LogP) is 4.40. The second kappa shape index (κ2) is 12.1. The van der Waals surface area contributed by atoms with Crippen molar-refractivity contribution in [3.05, 3.63) is 83.4 Å². The van der Waals surface area contributed by atoms with Gasteiger partial charge in [0.25, 0.3) is 0 Å². The molecule has 6 N–H and O–H groups in total. The summed E-state index contributed by atoms with van der Waals surface area (Å²) < 4.78 is 0. The number of amidine groups is 2. The van der Waals surface area contributed by atoms with Crippen LogP contribution in [0.2, 0.25) is 0 Å². The van der Waals surface area contributed by atoms with E-state index in [1.807, 2.05) is 55.5 Å². The molecule has 2 aliphatic rings. The highest BCUT2D eigenvalue weighted by Gasteiger charge is 2.12. The van der Waals surface area contributed by atoms with Crippen LogP contribution in [-0.4, -0.2) is 49.9 Å². The number of benzene rings is 3. The summed E-state index contributed by atoms with van der Waals surface area (Å²) in [6, 6.07) is 19.5. The highest BCUT2D eigenvalue weighted by Crippen LogP contribution is 2.24. The number of hydrogen-bond donors (Lipinski definition) is 6. The van der Waals surface area contributed by atoms with Gasteiger partial charge in [0.05, 0.1) is 13.1 Å². The van der Waals surface area contributed by atoms with E-state index in [9.17, 15) is 9.59 Å². The van der Waals surface area contributed by atoms with E-state index >= 15 is 0 Å². The molecule has 0 fully saturated rings. The molecule has 0 atom stereocenters. The van der Waals surface area contributed by atoms with Crippen molar-refractivity contribution in [1.82, 2.24) is 10.6 Å². The van der Waals surface area contributed by atoms with Gasteiger partial charge in [0, 0.05) is 47.0 Å². The molecular weight excluding hydrogens is 504 g/mol. The fraction of sp³-hybridized carbons (Fsp3) is 0.185. The fourth-order valence-electron chi connectivity index (χ4n) is 4.08. The largest absolute Gasteiger partial charge is 0.368 e. The van der Waals surface area contributed by atoms with Gasteiger partial charge >= 0.3 is 12.1 Å². The third kappa shape index (κ3) is 6.40. The highest BCUT2D eigenvalue weighted by molar-refractivity contribution is 6.04. The van der Waals surface area contributed by atoms with Gasteiger partial charge in [0.1, 0.15) is 11.7 Å². The molecule has 2 aliphatic heterocycles. The summed E-state index contributed by atoms with van der Waals surface area (Å²) in [5, 5.41) is 17.8.